The molecule has 0 aliphatic heterocycles. The van der Waals surface area contributed by atoms with E-state index in [4.69, 9.17) is 5.11 Å². The van der Waals surface area contributed by atoms with E-state index in [0.717, 1.165) is 6.54 Å². The molecule has 0 spiro atoms. The molecule has 0 radical (unpaired) electrons. The molecule has 1 unspecified atom stereocenters. The Morgan fingerprint density at radius 2 is 2.09 bits per heavy atom. The number of unbranched alkanes of at least 4 members (excludes halogenated alkanes) is 2. The molecule has 0 aromatic heterocycles. The molecular weight excluding hydrogens is 138 g/mol. The van der Waals surface area contributed by atoms with Gasteiger partial charge in [-0.2, -0.15) is 0 Å². The molecular formula is C9H21NO. The van der Waals surface area contributed by atoms with Gasteiger partial charge in [0.05, 0.1) is 6.61 Å². The second-order valence-corrected chi connectivity index (χ2v) is 3.07. The zero-order valence-electron chi connectivity index (χ0n) is 7.77. The molecule has 2 heteroatoms. The summed E-state index contributed by atoms with van der Waals surface area (Å²) in [4.78, 5) is 0. The zero-order chi connectivity index (χ0) is 8.53. The number of nitrogens with one attached hydrogen (secondary N) is 1. The van der Waals surface area contributed by atoms with Gasteiger partial charge in [-0.1, -0.05) is 26.2 Å². The first-order valence-corrected chi connectivity index (χ1v) is 4.65. The Morgan fingerprint density at radius 3 is 2.64 bits per heavy atom. The van der Waals surface area contributed by atoms with E-state index < -0.39 is 0 Å². The quantitative estimate of drug-likeness (QED) is 0.552. The summed E-state index contributed by atoms with van der Waals surface area (Å²) in [5, 5.41) is 11.8. The van der Waals surface area contributed by atoms with Gasteiger partial charge in [0, 0.05) is 12.6 Å². The number of hydrogen-bond acceptors (Lipinski definition) is 2. The molecule has 0 saturated carbocycles. The van der Waals surface area contributed by atoms with E-state index >= 15 is 0 Å². The average molecular weight is 159 g/mol. The van der Waals surface area contributed by atoms with E-state index in [9.17, 15) is 0 Å². The molecule has 0 rings (SSSR count). The topological polar surface area (TPSA) is 32.3 Å². The molecule has 0 amide bonds. The van der Waals surface area contributed by atoms with Gasteiger partial charge < -0.3 is 10.4 Å². The van der Waals surface area contributed by atoms with Crippen LogP contribution in [0.5, 0.6) is 0 Å². The van der Waals surface area contributed by atoms with E-state index in [2.05, 4.69) is 19.2 Å². The number of aliphatic hydroxyl groups is 1. The Balaban J connectivity index is 3.02. The van der Waals surface area contributed by atoms with Gasteiger partial charge in [-0.25, -0.2) is 0 Å². The first kappa shape index (κ1) is 10.9. The van der Waals surface area contributed by atoms with Crippen molar-refractivity contribution in [2.75, 3.05) is 13.2 Å². The third-order valence-corrected chi connectivity index (χ3v) is 1.85. The first-order chi connectivity index (χ1) is 5.31. The summed E-state index contributed by atoms with van der Waals surface area (Å²) >= 11 is 0. The molecule has 0 bridgehead atoms. The number of aliphatic hydroxyl groups excluding tert-OH is 1. The Labute approximate surface area is 70.0 Å². The number of hydrogen-bond donors (Lipinski definition) is 2. The molecule has 0 aromatic carbocycles. The largest absolute Gasteiger partial charge is 0.395 e. The van der Waals surface area contributed by atoms with Crippen molar-refractivity contribution >= 4 is 0 Å². The molecule has 0 aliphatic carbocycles. The maximum atomic E-state index is 8.52. The van der Waals surface area contributed by atoms with Crippen LogP contribution in [0.25, 0.3) is 0 Å². The highest BCUT2D eigenvalue weighted by atomic mass is 16.3. The maximum Gasteiger partial charge on any atom is 0.0556 e. The van der Waals surface area contributed by atoms with E-state index in [1.807, 2.05) is 0 Å². The summed E-state index contributed by atoms with van der Waals surface area (Å²) in [5.41, 5.74) is 0. The van der Waals surface area contributed by atoms with Crippen molar-refractivity contribution in [1.82, 2.24) is 5.32 Å². The molecule has 68 valence electrons. The van der Waals surface area contributed by atoms with Crippen LogP contribution >= 0.6 is 0 Å². The summed E-state index contributed by atoms with van der Waals surface area (Å²) in [6, 6.07) is 0.564. The minimum Gasteiger partial charge on any atom is -0.395 e. The van der Waals surface area contributed by atoms with Crippen molar-refractivity contribution in [1.29, 1.82) is 0 Å². The van der Waals surface area contributed by atoms with Gasteiger partial charge in [-0.05, 0) is 13.3 Å². The standard InChI is InChI=1S/C9H21NO/c1-3-4-5-6-9(2)10-7-8-11/h9-11H,3-8H2,1-2H3. The van der Waals surface area contributed by atoms with E-state index in [1.54, 1.807) is 0 Å². The highest BCUT2D eigenvalue weighted by Crippen LogP contribution is 2.01. The molecule has 0 saturated heterocycles. The van der Waals surface area contributed by atoms with Gasteiger partial charge >= 0.3 is 0 Å². The summed E-state index contributed by atoms with van der Waals surface area (Å²) in [5.74, 6) is 0. The van der Waals surface area contributed by atoms with Crippen molar-refractivity contribution in [2.45, 2.75) is 45.6 Å². The SMILES string of the molecule is CCCCCC(C)NCCO. The number of rotatable bonds is 7. The molecule has 2 nitrogen and oxygen atoms in total. The minimum atomic E-state index is 0.248. The van der Waals surface area contributed by atoms with Crippen LogP contribution in [-0.2, 0) is 0 Å². The lowest BCUT2D eigenvalue weighted by molar-refractivity contribution is 0.283. The van der Waals surface area contributed by atoms with Crippen LogP contribution in [0.15, 0.2) is 0 Å². The summed E-state index contributed by atoms with van der Waals surface area (Å²) in [6.45, 7) is 5.36. The third kappa shape index (κ3) is 7.82. The molecule has 11 heavy (non-hydrogen) atoms. The van der Waals surface area contributed by atoms with Gasteiger partial charge in [0.2, 0.25) is 0 Å². The van der Waals surface area contributed by atoms with Crippen molar-refractivity contribution in [2.24, 2.45) is 0 Å². The van der Waals surface area contributed by atoms with Crippen LogP contribution < -0.4 is 5.32 Å². The van der Waals surface area contributed by atoms with Crippen LogP contribution in [0, 0.1) is 0 Å². The minimum absolute atomic E-state index is 0.248. The van der Waals surface area contributed by atoms with Crippen molar-refractivity contribution in [3.05, 3.63) is 0 Å². The molecule has 0 heterocycles. The lowest BCUT2D eigenvalue weighted by Gasteiger charge is -2.11. The maximum absolute atomic E-state index is 8.52. The molecule has 0 fully saturated rings. The fourth-order valence-electron chi connectivity index (χ4n) is 1.11. The molecule has 0 aliphatic rings. The van der Waals surface area contributed by atoms with Gasteiger partial charge in [0.25, 0.3) is 0 Å². The first-order valence-electron chi connectivity index (χ1n) is 4.65. The Kier molecular flexibility index (Phi) is 7.96. The predicted octanol–water partition coefficient (Wildman–Crippen LogP) is 1.54. The highest BCUT2D eigenvalue weighted by molar-refractivity contribution is 4.59. The fraction of sp³-hybridized carbons (Fsp3) is 1.00. The van der Waals surface area contributed by atoms with Gasteiger partial charge in [0.15, 0.2) is 0 Å². The van der Waals surface area contributed by atoms with Gasteiger partial charge in [-0.3, -0.25) is 0 Å². The lowest BCUT2D eigenvalue weighted by Crippen LogP contribution is -2.28. The van der Waals surface area contributed by atoms with Crippen molar-refractivity contribution in [3.63, 3.8) is 0 Å². The van der Waals surface area contributed by atoms with Crippen LogP contribution in [-0.4, -0.2) is 24.3 Å². The van der Waals surface area contributed by atoms with Crippen LogP contribution in [0.4, 0.5) is 0 Å². The fourth-order valence-corrected chi connectivity index (χ4v) is 1.11. The Hall–Kier alpha value is -0.0800. The summed E-state index contributed by atoms with van der Waals surface area (Å²) in [7, 11) is 0. The summed E-state index contributed by atoms with van der Waals surface area (Å²) < 4.78 is 0. The second kappa shape index (κ2) is 8.02. The van der Waals surface area contributed by atoms with Gasteiger partial charge in [0.1, 0.15) is 0 Å². The normalized spacial score (nSPS) is 13.4. The second-order valence-electron chi connectivity index (χ2n) is 3.07. The van der Waals surface area contributed by atoms with Crippen molar-refractivity contribution < 1.29 is 5.11 Å². The Morgan fingerprint density at radius 1 is 1.36 bits per heavy atom. The lowest BCUT2D eigenvalue weighted by atomic mass is 10.1. The highest BCUT2D eigenvalue weighted by Gasteiger charge is 1.98. The monoisotopic (exact) mass is 159 g/mol. The van der Waals surface area contributed by atoms with E-state index in [0.29, 0.717) is 6.04 Å². The van der Waals surface area contributed by atoms with Crippen LogP contribution in [0.3, 0.4) is 0 Å². The third-order valence-electron chi connectivity index (χ3n) is 1.85. The van der Waals surface area contributed by atoms with Gasteiger partial charge in [-0.15, -0.1) is 0 Å². The molecule has 2 N–H and O–H groups in total. The smallest absolute Gasteiger partial charge is 0.0556 e. The molecule has 1 atom stereocenters. The molecule has 0 aromatic rings. The van der Waals surface area contributed by atoms with E-state index in [-0.39, 0.29) is 6.61 Å². The van der Waals surface area contributed by atoms with Crippen LogP contribution in [0.1, 0.15) is 39.5 Å². The predicted molar refractivity (Wildman–Crippen MR) is 48.7 cm³/mol. The van der Waals surface area contributed by atoms with E-state index in [1.165, 1.54) is 25.7 Å². The van der Waals surface area contributed by atoms with Crippen molar-refractivity contribution in [3.8, 4) is 0 Å². The average Bonchev–Trinajstić information content (AvgIpc) is 2.01. The van der Waals surface area contributed by atoms with Crippen LogP contribution in [0.2, 0.25) is 0 Å². The summed E-state index contributed by atoms with van der Waals surface area (Å²) in [6.07, 6.45) is 5.14. The zero-order valence-corrected chi connectivity index (χ0v) is 7.77. The Bertz CT molecular complexity index is 76.0.